The van der Waals surface area contributed by atoms with Crippen molar-refractivity contribution in [2.75, 3.05) is 11.9 Å². The zero-order valence-electron chi connectivity index (χ0n) is 19.9. The Morgan fingerprint density at radius 1 is 1.17 bits per heavy atom. The fraction of sp³-hybridized carbons (Fsp3) is 0.444. The van der Waals surface area contributed by atoms with Gasteiger partial charge in [-0.05, 0) is 69.8 Å². The number of pyridine rings is 1. The van der Waals surface area contributed by atoms with Gasteiger partial charge in [-0.25, -0.2) is 9.37 Å². The number of aromatic nitrogens is 1. The van der Waals surface area contributed by atoms with Crippen LogP contribution in [0, 0.1) is 18.7 Å². The summed E-state index contributed by atoms with van der Waals surface area (Å²) in [6.45, 7) is 4.60. The second-order valence-electron chi connectivity index (χ2n) is 9.34. The number of rotatable bonds is 6. The number of anilines is 1. The van der Waals surface area contributed by atoms with Gasteiger partial charge in [-0.3, -0.25) is 4.90 Å². The van der Waals surface area contributed by atoms with E-state index < -0.39 is 18.1 Å². The molecule has 1 aromatic heterocycles. The molecule has 35 heavy (non-hydrogen) atoms. The average Bonchev–Trinajstić information content (AvgIpc) is 2.83. The SMILES string of the molecule is Cc1cccc(F)c1[C@H](C)N1CCCC([C@@H](O)Nc2cccc(C(F)(F)F)n2)[C@@H]1C1=CC=CCC1. The van der Waals surface area contributed by atoms with Gasteiger partial charge in [0.1, 0.15) is 23.6 Å². The Kier molecular flexibility index (Phi) is 7.62. The molecule has 8 heteroatoms. The fourth-order valence-corrected chi connectivity index (χ4v) is 5.44. The van der Waals surface area contributed by atoms with E-state index in [1.165, 1.54) is 18.2 Å². The van der Waals surface area contributed by atoms with Crippen molar-refractivity contribution in [1.29, 1.82) is 0 Å². The number of hydrogen-bond donors (Lipinski definition) is 2. The number of alkyl halides is 3. The van der Waals surface area contributed by atoms with Crippen LogP contribution in [0.4, 0.5) is 23.4 Å². The van der Waals surface area contributed by atoms with E-state index in [9.17, 15) is 22.7 Å². The average molecular weight is 490 g/mol. The first-order chi connectivity index (χ1) is 16.7. The number of benzene rings is 1. The van der Waals surface area contributed by atoms with Crippen LogP contribution in [-0.4, -0.2) is 33.8 Å². The first-order valence-electron chi connectivity index (χ1n) is 12.0. The molecule has 1 aliphatic carbocycles. The van der Waals surface area contributed by atoms with E-state index in [1.54, 1.807) is 6.07 Å². The van der Waals surface area contributed by atoms with Gasteiger partial charge in [0, 0.05) is 23.6 Å². The van der Waals surface area contributed by atoms with Gasteiger partial charge in [-0.15, -0.1) is 0 Å². The second kappa shape index (κ2) is 10.5. The van der Waals surface area contributed by atoms with E-state index in [2.05, 4.69) is 27.4 Å². The molecule has 4 rings (SSSR count). The molecule has 0 radical (unpaired) electrons. The van der Waals surface area contributed by atoms with Crippen LogP contribution < -0.4 is 5.32 Å². The van der Waals surface area contributed by atoms with Gasteiger partial charge >= 0.3 is 6.18 Å². The Morgan fingerprint density at radius 2 is 1.94 bits per heavy atom. The topological polar surface area (TPSA) is 48.4 Å². The molecule has 1 aromatic carbocycles. The van der Waals surface area contributed by atoms with Crippen LogP contribution in [0.5, 0.6) is 0 Å². The predicted molar refractivity (Wildman–Crippen MR) is 128 cm³/mol. The van der Waals surface area contributed by atoms with Gasteiger partial charge in [0.25, 0.3) is 0 Å². The maximum absolute atomic E-state index is 14.9. The lowest BCUT2D eigenvalue weighted by molar-refractivity contribution is -0.141. The van der Waals surface area contributed by atoms with Crippen molar-refractivity contribution in [2.45, 2.75) is 64.0 Å². The number of aliphatic hydroxyl groups excluding tert-OH is 1. The monoisotopic (exact) mass is 489 g/mol. The number of aryl methyl sites for hydroxylation is 1. The standard InChI is InChI=1S/C27H31F4N3O/c1-17-9-6-13-21(28)24(17)18(2)34-16-8-12-20(25(34)19-10-4-3-5-11-19)26(35)33-23-15-7-14-22(32-23)27(29,30)31/h3-4,6-7,9-10,13-15,18,20,25-26,35H,5,8,11-12,16H2,1-2H3,(H,32,33)/t18-,20?,25-,26+/m0/s1. The summed E-state index contributed by atoms with van der Waals surface area (Å²) < 4.78 is 54.3. The Bertz CT molecular complexity index is 1080. The van der Waals surface area contributed by atoms with Gasteiger partial charge in [0.05, 0.1) is 0 Å². The van der Waals surface area contributed by atoms with E-state index in [-0.39, 0.29) is 29.6 Å². The molecule has 188 valence electrons. The number of likely N-dealkylation sites (tertiary alicyclic amines) is 1. The van der Waals surface area contributed by atoms with Crippen molar-refractivity contribution in [2.24, 2.45) is 5.92 Å². The van der Waals surface area contributed by atoms with E-state index in [4.69, 9.17) is 0 Å². The van der Waals surface area contributed by atoms with E-state index in [0.717, 1.165) is 43.0 Å². The number of halogens is 4. The highest BCUT2D eigenvalue weighted by Crippen LogP contribution is 2.40. The maximum atomic E-state index is 14.9. The van der Waals surface area contributed by atoms with Crippen molar-refractivity contribution in [1.82, 2.24) is 9.88 Å². The maximum Gasteiger partial charge on any atom is 0.433 e. The highest BCUT2D eigenvalue weighted by atomic mass is 19.4. The third kappa shape index (κ3) is 5.59. The largest absolute Gasteiger partial charge is 0.433 e. The van der Waals surface area contributed by atoms with Crippen LogP contribution in [0.25, 0.3) is 0 Å². The van der Waals surface area contributed by atoms with Gasteiger partial charge in [-0.1, -0.05) is 42.0 Å². The molecule has 1 fully saturated rings. The highest BCUT2D eigenvalue weighted by molar-refractivity contribution is 5.38. The summed E-state index contributed by atoms with van der Waals surface area (Å²) in [6, 6.07) is 8.21. The van der Waals surface area contributed by atoms with Gasteiger partial charge < -0.3 is 10.4 Å². The van der Waals surface area contributed by atoms with Gasteiger partial charge in [-0.2, -0.15) is 13.2 Å². The van der Waals surface area contributed by atoms with Crippen molar-refractivity contribution in [3.8, 4) is 0 Å². The minimum absolute atomic E-state index is 0.0290. The summed E-state index contributed by atoms with van der Waals surface area (Å²) in [5.74, 6) is -0.603. The van der Waals surface area contributed by atoms with E-state index in [1.807, 2.05) is 26.0 Å². The summed E-state index contributed by atoms with van der Waals surface area (Å²) in [4.78, 5) is 5.89. The third-order valence-electron chi connectivity index (χ3n) is 7.07. The van der Waals surface area contributed by atoms with Crippen LogP contribution in [0.2, 0.25) is 0 Å². The van der Waals surface area contributed by atoms with E-state index in [0.29, 0.717) is 12.0 Å². The number of nitrogens with zero attached hydrogens (tertiary/aromatic N) is 2. The van der Waals surface area contributed by atoms with Crippen molar-refractivity contribution < 1.29 is 22.7 Å². The second-order valence-corrected chi connectivity index (χ2v) is 9.34. The first-order valence-corrected chi connectivity index (χ1v) is 12.0. The molecule has 1 saturated heterocycles. The van der Waals surface area contributed by atoms with E-state index >= 15 is 0 Å². The van der Waals surface area contributed by atoms with Gasteiger partial charge in [0.2, 0.25) is 0 Å². The summed E-state index contributed by atoms with van der Waals surface area (Å²) >= 11 is 0. The van der Waals surface area contributed by atoms with Crippen molar-refractivity contribution in [3.63, 3.8) is 0 Å². The zero-order valence-corrected chi connectivity index (χ0v) is 19.9. The lowest BCUT2D eigenvalue weighted by atomic mass is 9.79. The molecular weight excluding hydrogens is 458 g/mol. The number of aliphatic hydroxyl groups is 1. The van der Waals surface area contributed by atoms with Crippen LogP contribution in [0.3, 0.4) is 0 Å². The molecule has 2 aliphatic rings. The lowest BCUT2D eigenvalue weighted by Gasteiger charge is -2.47. The summed E-state index contributed by atoms with van der Waals surface area (Å²) in [5.41, 5.74) is 1.62. The summed E-state index contributed by atoms with van der Waals surface area (Å²) in [6.07, 6.45) is 3.57. The number of nitrogens with one attached hydrogen (secondary N) is 1. The van der Waals surface area contributed by atoms with Gasteiger partial charge in [0.15, 0.2) is 0 Å². The van der Waals surface area contributed by atoms with Crippen LogP contribution >= 0.6 is 0 Å². The van der Waals surface area contributed by atoms with Crippen molar-refractivity contribution >= 4 is 5.82 Å². The molecule has 4 nitrogen and oxygen atoms in total. The fourth-order valence-electron chi connectivity index (χ4n) is 5.44. The Hall–Kier alpha value is -2.71. The predicted octanol–water partition coefficient (Wildman–Crippen LogP) is 6.40. The van der Waals surface area contributed by atoms with Crippen LogP contribution in [-0.2, 0) is 6.18 Å². The number of allylic oxidation sites excluding steroid dienone is 3. The summed E-state index contributed by atoms with van der Waals surface area (Å²) in [7, 11) is 0. The van der Waals surface area contributed by atoms with Crippen LogP contribution in [0.1, 0.15) is 55.5 Å². The molecule has 2 aromatic rings. The molecule has 1 aliphatic heterocycles. The molecular formula is C27H31F4N3O. The number of hydrogen-bond acceptors (Lipinski definition) is 4. The Morgan fingerprint density at radius 3 is 2.63 bits per heavy atom. The smallest absolute Gasteiger partial charge is 0.373 e. The highest BCUT2D eigenvalue weighted by Gasteiger charge is 2.41. The molecule has 2 N–H and O–H groups in total. The first kappa shape index (κ1) is 25.4. The Labute approximate surface area is 203 Å². The third-order valence-corrected chi connectivity index (χ3v) is 7.07. The molecule has 2 heterocycles. The Balaban J connectivity index is 1.65. The molecule has 0 amide bonds. The van der Waals surface area contributed by atoms with Crippen molar-refractivity contribution in [3.05, 3.63) is 82.8 Å². The minimum Gasteiger partial charge on any atom is -0.373 e. The molecule has 4 atom stereocenters. The summed E-state index contributed by atoms with van der Waals surface area (Å²) in [5, 5.41) is 14.0. The molecule has 0 spiro atoms. The number of piperidine rings is 1. The molecule has 0 saturated carbocycles. The quantitative estimate of drug-likeness (QED) is 0.364. The molecule has 1 unspecified atom stereocenters. The van der Waals surface area contributed by atoms with Crippen LogP contribution in [0.15, 0.2) is 60.2 Å². The normalized spacial score (nSPS) is 23.0. The zero-order chi connectivity index (χ0) is 25.2. The lowest BCUT2D eigenvalue weighted by Crippen LogP contribution is -2.52. The molecule has 0 bridgehead atoms. The minimum atomic E-state index is -4.57.